The molecule has 1 aromatic carbocycles. The van der Waals surface area contributed by atoms with E-state index in [1.807, 2.05) is 0 Å². The maximum absolute atomic E-state index is 12.5. The lowest BCUT2D eigenvalue weighted by Gasteiger charge is -2.27. The summed E-state index contributed by atoms with van der Waals surface area (Å²) in [6.07, 6.45) is 0.698. The maximum atomic E-state index is 12.5. The minimum Gasteiger partial charge on any atom is -0.495 e. The van der Waals surface area contributed by atoms with E-state index in [4.69, 9.17) is 4.74 Å². The van der Waals surface area contributed by atoms with E-state index in [1.54, 1.807) is 24.3 Å². The number of hydrogen-bond acceptors (Lipinski definition) is 6. The van der Waals surface area contributed by atoms with Gasteiger partial charge in [0.15, 0.2) is 9.84 Å². The van der Waals surface area contributed by atoms with Crippen molar-refractivity contribution in [2.24, 2.45) is 5.10 Å². The summed E-state index contributed by atoms with van der Waals surface area (Å²) in [6.45, 7) is 0. The van der Waals surface area contributed by atoms with Crippen molar-refractivity contribution in [1.29, 1.82) is 0 Å². The summed E-state index contributed by atoms with van der Waals surface area (Å²) in [7, 11) is -1.64. The molecule has 0 aliphatic carbocycles. The van der Waals surface area contributed by atoms with Crippen LogP contribution in [0.1, 0.15) is 19.3 Å². The van der Waals surface area contributed by atoms with Crippen LogP contribution in [0.2, 0.25) is 0 Å². The molecule has 0 radical (unpaired) electrons. The summed E-state index contributed by atoms with van der Waals surface area (Å²) in [6, 6.07) is 6.48. The number of amides is 2. The van der Waals surface area contributed by atoms with Crippen molar-refractivity contribution >= 4 is 33.1 Å². The fourth-order valence-electron chi connectivity index (χ4n) is 2.93. The Morgan fingerprint density at radius 1 is 1.32 bits per heavy atom. The van der Waals surface area contributed by atoms with Crippen LogP contribution in [0, 0.1) is 0 Å². The second kappa shape index (κ2) is 6.83. The zero-order valence-corrected chi connectivity index (χ0v) is 14.6. The van der Waals surface area contributed by atoms with Gasteiger partial charge in [0.25, 0.3) is 5.91 Å². The van der Waals surface area contributed by atoms with Crippen molar-refractivity contribution in [3.63, 3.8) is 0 Å². The van der Waals surface area contributed by atoms with Gasteiger partial charge in [0, 0.05) is 12.8 Å². The maximum Gasteiger partial charge on any atom is 0.271 e. The number of sulfone groups is 1. The van der Waals surface area contributed by atoms with Crippen LogP contribution in [0.4, 0.5) is 5.69 Å². The smallest absolute Gasteiger partial charge is 0.271 e. The first-order chi connectivity index (χ1) is 11.9. The van der Waals surface area contributed by atoms with E-state index < -0.39 is 21.8 Å². The molecule has 1 saturated heterocycles. The molecule has 3 rings (SSSR count). The van der Waals surface area contributed by atoms with E-state index in [2.05, 4.69) is 10.4 Å². The molecule has 2 aliphatic rings. The molecule has 9 heteroatoms. The van der Waals surface area contributed by atoms with Gasteiger partial charge in [-0.05, 0) is 18.6 Å². The number of benzene rings is 1. The normalized spacial score (nSPS) is 22.4. The zero-order valence-electron chi connectivity index (χ0n) is 13.8. The molecule has 2 aliphatic heterocycles. The number of carbonyl (C=O) groups is 2. The summed E-state index contributed by atoms with van der Waals surface area (Å²) in [5, 5.41) is 8.04. The van der Waals surface area contributed by atoms with Gasteiger partial charge in [-0.2, -0.15) is 5.10 Å². The highest BCUT2D eigenvalue weighted by Gasteiger charge is 2.37. The summed E-state index contributed by atoms with van der Waals surface area (Å²) >= 11 is 0. The molecule has 0 aromatic heterocycles. The molecular weight excluding hydrogens is 346 g/mol. The third kappa shape index (κ3) is 3.81. The topological polar surface area (TPSA) is 105 Å². The van der Waals surface area contributed by atoms with E-state index >= 15 is 0 Å². The molecule has 0 saturated carbocycles. The van der Waals surface area contributed by atoms with Crippen molar-refractivity contribution in [3.05, 3.63) is 24.3 Å². The van der Waals surface area contributed by atoms with Crippen molar-refractivity contribution in [2.75, 3.05) is 23.9 Å². The quantitative estimate of drug-likeness (QED) is 0.850. The molecule has 0 bridgehead atoms. The monoisotopic (exact) mass is 365 g/mol. The number of nitrogens with zero attached hydrogens (tertiary/aromatic N) is 2. The van der Waals surface area contributed by atoms with Crippen molar-refractivity contribution in [3.8, 4) is 5.75 Å². The number of ether oxygens (including phenoxy) is 1. The summed E-state index contributed by atoms with van der Waals surface area (Å²) in [5.41, 5.74) is 0.708. The number of para-hydroxylation sites is 2. The second-order valence-electron chi connectivity index (χ2n) is 6.00. The van der Waals surface area contributed by atoms with Crippen LogP contribution in [0.25, 0.3) is 0 Å². The van der Waals surface area contributed by atoms with Crippen LogP contribution < -0.4 is 10.1 Å². The number of anilines is 1. The van der Waals surface area contributed by atoms with Gasteiger partial charge >= 0.3 is 0 Å². The number of nitrogens with one attached hydrogen (secondary N) is 1. The summed E-state index contributed by atoms with van der Waals surface area (Å²) in [4.78, 5) is 24.6. The predicted octanol–water partition coefficient (Wildman–Crippen LogP) is 0.799. The Morgan fingerprint density at radius 3 is 2.76 bits per heavy atom. The van der Waals surface area contributed by atoms with Crippen LogP contribution in [0.5, 0.6) is 5.75 Å². The SMILES string of the molecule is COc1ccccc1NC(=O)C1=NN([C@H]2CCS(=O)(=O)C2)C(=O)CC1. The van der Waals surface area contributed by atoms with E-state index in [0.29, 0.717) is 17.9 Å². The summed E-state index contributed by atoms with van der Waals surface area (Å²) < 4.78 is 28.5. The molecule has 1 aromatic rings. The van der Waals surface area contributed by atoms with Crippen LogP contribution in [0.3, 0.4) is 0 Å². The lowest BCUT2D eigenvalue weighted by atomic mass is 10.1. The predicted molar refractivity (Wildman–Crippen MR) is 92.2 cm³/mol. The fourth-order valence-corrected chi connectivity index (χ4v) is 4.62. The first-order valence-corrected chi connectivity index (χ1v) is 9.76. The van der Waals surface area contributed by atoms with Crippen molar-refractivity contribution < 1.29 is 22.7 Å². The van der Waals surface area contributed by atoms with Gasteiger partial charge in [0.1, 0.15) is 11.5 Å². The molecule has 2 heterocycles. The van der Waals surface area contributed by atoms with Gasteiger partial charge in [-0.3, -0.25) is 9.59 Å². The fraction of sp³-hybridized carbons (Fsp3) is 0.438. The Bertz CT molecular complexity index is 834. The number of methoxy groups -OCH3 is 1. The van der Waals surface area contributed by atoms with Crippen LogP contribution >= 0.6 is 0 Å². The third-order valence-corrected chi connectivity index (χ3v) is 5.98. The Balaban J connectivity index is 1.78. The highest BCUT2D eigenvalue weighted by Crippen LogP contribution is 2.25. The first-order valence-electron chi connectivity index (χ1n) is 7.94. The van der Waals surface area contributed by atoms with E-state index in [9.17, 15) is 18.0 Å². The van der Waals surface area contributed by atoms with Gasteiger partial charge in [0.05, 0.1) is 30.3 Å². The van der Waals surface area contributed by atoms with Crippen LogP contribution in [0.15, 0.2) is 29.4 Å². The number of hydrogen-bond donors (Lipinski definition) is 1. The average molecular weight is 365 g/mol. The number of hydrazone groups is 1. The second-order valence-corrected chi connectivity index (χ2v) is 8.22. The van der Waals surface area contributed by atoms with E-state index in [0.717, 1.165) is 0 Å². The van der Waals surface area contributed by atoms with Gasteiger partial charge in [-0.25, -0.2) is 13.4 Å². The standard InChI is InChI=1S/C16H19N3O5S/c1-24-14-5-3-2-4-12(14)17-16(21)13-6-7-15(20)19(18-13)11-8-9-25(22,23)10-11/h2-5,11H,6-10H2,1H3,(H,17,21)/t11-/m0/s1. The van der Waals surface area contributed by atoms with Crippen LogP contribution in [-0.4, -0.2) is 55.6 Å². The average Bonchev–Trinajstić information content (AvgIpc) is 2.95. The molecule has 1 N–H and O–H groups in total. The molecule has 134 valence electrons. The number of carbonyl (C=O) groups excluding carboxylic acids is 2. The highest BCUT2D eigenvalue weighted by atomic mass is 32.2. The van der Waals surface area contributed by atoms with Gasteiger partial charge in [-0.15, -0.1) is 0 Å². The van der Waals surface area contributed by atoms with E-state index in [-0.39, 0.29) is 36.0 Å². The minimum atomic E-state index is -3.14. The lowest BCUT2D eigenvalue weighted by molar-refractivity contribution is -0.133. The Kier molecular flexibility index (Phi) is 4.76. The zero-order chi connectivity index (χ0) is 18.0. The van der Waals surface area contributed by atoms with Gasteiger partial charge in [0.2, 0.25) is 5.91 Å². The molecule has 1 fully saturated rings. The number of rotatable bonds is 4. The molecule has 8 nitrogen and oxygen atoms in total. The highest BCUT2D eigenvalue weighted by molar-refractivity contribution is 7.91. The Hall–Kier alpha value is -2.42. The van der Waals surface area contributed by atoms with E-state index in [1.165, 1.54) is 12.1 Å². The molecule has 25 heavy (non-hydrogen) atoms. The Morgan fingerprint density at radius 2 is 2.08 bits per heavy atom. The van der Waals surface area contributed by atoms with Gasteiger partial charge in [-0.1, -0.05) is 12.1 Å². The first kappa shape index (κ1) is 17.4. The summed E-state index contributed by atoms with van der Waals surface area (Å²) in [5.74, 6) is -0.232. The third-order valence-electron chi connectivity index (χ3n) is 4.23. The molecule has 1 atom stereocenters. The largest absolute Gasteiger partial charge is 0.495 e. The van der Waals surface area contributed by atoms with Crippen molar-refractivity contribution in [2.45, 2.75) is 25.3 Å². The molecule has 2 amide bonds. The molecule has 0 unspecified atom stereocenters. The molecule has 0 spiro atoms. The molecular formula is C16H19N3O5S. The lowest BCUT2D eigenvalue weighted by Crippen LogP contribution is -2.42. The van der Waals surface area contributed by atoms with Crippen LogP contribution in [-0.2, 0) is 19.4 Å². The van der Waals surface area contributed by atoms with Crippen molar-refractivity contribution in [1.82, 2.24) is 5.01 Å². The minimum absolute atomic E-state index is 0.0414. The van der Waals surface area contributed by atoms with Gasteiger partial charge < -0.3 is 10.1 Å². The Labute approximate surface area is 145 Å².